The highest BCUT2D eigenvalue weighted by molar-refractivity contribution is 7.18. The van der Waals surface area contributed by atoms with Crippen LogP contribution in [-0.4, -0.2) is 23.4 Å². The maximum atomic E-state index is 11.9. The fourth-order valence-corrected chi connectivity index (χ4v) is 3.49. The Morgan fingerprint density at radius 3 is 2.75 bits per heavy atom. The molecule has 0 aliphatic heterocycles. The Labute approximate surface area is 145 Å². The molecule has 0 fully saturated rings. The van der Waals surface area contributed by atoms with Gasteiger partial charge >= 0.3 is 11.0 Å². The highest BCUT2D eigenvalue weighted by atomic mass is 32.1. The number of anilines is 1. The number of hydrogen-bond donors (Lipinski definition) is 1. The quantitative estimate of drug-likeness (QED) is 0.362. The van der Waals surface area contributed by atoms with Crippen LogP contribution in [0.4, 0.5) is 10.0 Å². The Bertz CT molecular complexity index is 807. The van der Waals surface area contributed by atoms with E-state index >= 15 is 0 Å². The molecule has 1 N–H and O–H groups in total. The molecule has 2 rings (SSSR count). The monoisotopic (exact) mass is 366 g/mol. The summed E-state index contributed by atoms with van der Waals surface area (Å²) < 4.78 is 4.95. The van der Waals surface area contributed by atoms with Crippen molar-refractivity contribution in [3.8, 4) is 0 Å². The number of nitrogens with zero attached hydrogens (tertiary/aromatic N) is 1. The first-order valence-electron chi connectivity index (χ1n) is 6.91. The molecule has 0 atom stereocenters. The van der Waals surface area contributed by atoms with Gasteiger partial charge in [0.25, 0.3) is 0 Å². The predicted molar refractivity (Wildman–Crippen MR) is 93.6 cm³/mol. The van der Waals surface area contributed by atoms with Crippen LogP contribution in [0.3, 0.4) is 0 Å². The number of hydrogen-bond acceptors (Lipinski definition) is 7. The smallest absolute Gasteiger partial charge is 0.348 e. The van der Waals surface area contributed by atoms with Gasteiger partial charge < -0.3 is 10.1 Å². The standard InChI is InChI=1S/C15H14N2O5S2/c1-3-22-15(19)14-9(2)8-12(24-14)16-11(18)6-4-10-5-7-13(23-10)17(20)21/h4-8H,3H2,1-2H3,(H,16,18)/b6-4+. The van der Waals surface area contributed by atoms with Gasteiger partial charge in [0, 0.05) is 17.0 Å². The van der Waals surface area contributed by atoms with E-state index in [2.05, 4.69) is 5.32 Å². The Balaban J connectivity index is 2.01. The average molecular weight is 366 g/mol. The van der Waals surface area contributed by atoms with Crippen molar-refractivity contribution in [3.63, 3.8) is 0 Å². The summed E-state index contributed by atoms with van der Waals surface area (Å²) in [5.41, 5.74) is 0.728. The van der Waals surface area contributed by atoms with E-state index in [-0.39, 0.29) is 17.5 Å². The predicted octanol–water partition coefficient (Wildman–Crippen LogP) is 3.85. The summed E-state index contributed by atoms with van der Waals surface area (Å²) in [5.74, 6) is -0.801. The molecule has 0 saturated heterocycles. The van der Waals surface area contributed by atoms with Gasteiger partial charge in [-0.25, -0.2) is 4.79 Å². The van der Waals surface area contributed by atoms with Gasteiger partial charge in [-0.3, -0.25) is 14.9 Å². The lowest BCUT2D eigenvalue weighted by molar-refractivity contribution is -0.380. The second-order valence-corrected chi connectivity index (χ2v) is 6.74. The van der Waals surface area contributed by atoms with Crippen LogP contribution in [0.2, 0.25) is 0 Å². The van der Waals surface area contributed by atoms with Crippen molar-refractivity contribution < 1.29 is 19.2 Å². The van der Waals surface area contributed by atoms with Gasteiger partial charge in [0.2, 0.25) is 5.91 Å². The van der Waals surface area contributed by atoms with E-state index in [1.807, 2.05) is 0 Å². The lowest BCUT2D eigenvalue weighted by Crippen LogP contribution is -2.06. The van der Waals surface area contributed by atoms with Crippen molar-refractivity contribution in [1.29, 1.82) is 0 Å². The van der Waals surface area contributed by atoms with Gasteiger partial charge in [-0.2, -0.15) is 0 Å². The average Bonchev–Trinajstić information content (AvgIpc) is 3.12. The van der Waals surface area contributed by atoms with E-state index in [1.54, 1.807) is 26.0 Å². The lowest BCUT2D eigenvalue weighted by Gasteiger charge is -1.99. The topological polar surface area (TPSA) is 98.5 Å². The third-order valence-corrected chi connectivity index (χ3v) is 4.95. The molecule has 0 aromatic carbocycles. The zero-order valence-corrected chi connectivity index (χ0v) is 14.5. The molecule has 2 aromatic rings. The number of amides is 1. The van der Waals surface area contributed by atoms with Crippen LogP contribution >= 0.6 is 22.7 Å². The normalized spacial score (nSPS) is 10.8. The maximum Gasteiger partial charge on any atom is 0.348 e. The summed E-state index contributed by atoms with van der Waals surface area (Å²) in [5, 5.41) is 13.8. The first-order chi connectivity index (χ1) is 11.4. The Morgan fingerprint density at radius 2 is 2.12 bits per heavy atom. The molecule has 24 heavy (non-hydrogen) atoms. The van der Waals surface area contributed by atoms with Crippen LogP contribution < -0.4 is 5.32 Å². The number of nitro groups is 1. The number of carbonyl (C=O) groups excluding carboxylic acids is 2. The fraction of sp³-hybridized carbons (Fsp3) is 0.200. The molecule has 9 heteroatoms. The van der Waals surface area contributed by atoms with Crippen molar-refractivity contribution in [1.82, 2.24) is 0 Å². The van der Waals surface area contributed by atoms with Gasteiger partial charge in [0.15, 0.2) is 0 Å². The van der Waals surface area contributed by atoms with E-state index in [0.717, 1.165) is 28.2 Å². The van der Waals surface area contributed by atoms with Crippen molar-refractivity contribution in [3.05, 3.63) is 49.7 Å². The number of nitrogens with one attached hydrogen (secondary N) is 1. The first-order valence-corrected chi connectivity index (χ1v) is 8.55. The summed E-state index contributed by atoms with van der Waals surface area (Å²) in [6, 6.07) is 4.65. The number of thiophene rings is 2. The highest BCUT2D eigenvalue weighted by Gasteiger charge is 2.15. The summed E-state index contributed by atoms with van der Waals surface area (Å²) in [6.07, 6.45) is 2.79. The van der Waals surface area contributed by atoms with Gasteiger partial charge in [0.1, 0.15) is 4.88 Å². The van der Waals surface area contributed by atoms with E-state index in [1.165, 1.54) is 18.2 Å². The van der Waals surface area contributed by atoms with Crippen LogP contribution in [0.5, 0.6) is 0 Å². The summed E-state index contributed by atoms with van der Waals surface area (Å²) >= 11 is 2.12. The van der Waals surface area contributed by atoms with Crippen molar-refractivity contribution in [2.45, 2.75) is 13.8 Å². The molecular formula is C15H14N2O5S2. The van der Waals surface area contributed by atoms with Gasteiger partial charge in [0.05, 0.1) is 16.5 Å². The van der Waals surface area contributed by atoms with Crippen LogP contribution in [0.25, 0.3) is 6.08 Å². The third-order valence-electron chi connectivity index (χ3n) is 2.82. The Kier molecular flexibility index (Phi) is 5.83. The molecule has 2 aromatic heterocycles. The number of ether oxygens (including phenoxy) is 1. The number of esters is 1. The third kappa shape index (κ3) is 4.49. The number of carbonyl (C=O) groups is 2. The fourth-order valence-electron chi connectivity index (χ4n) is 1.79. The van der Waals surface area contributed by atoms with E-state index in [0.29, 0.717) is 14.8 Å². The summed E-state index contributed by atoms with van der Waals surface area (Å²) in [4.78, 5) is 34.8. The van der Waals surface area contributed by atoms with Crippen LogP contribution in [0.1, 0.15) is 27.0 Å². The van der Waals surface area contributed by atoms with Crippen LogP contribution in [-0.2, 0) is 9.53 Å². The Hall–Kier alpha value is -2.52. The van der Waals surface area contributed by atoms with Crippen molar-refractivity contribution >= 4 is 50.6 Å². The van der Waals surface area contributed by atoms with Crippen LogP contribution in [0, 0.1) is 17.0 Å². The second kappa shape index (κ2) is 7.84. The molecular weight excluding hydrogens is 352 g/mol. The van der Waals surface area contributed by atoms with E-state index in [9.17, 15) is 19.7 Å². The molecule has 0 unspecified atom stereocenters. The SMILES string of the molecule is CCOC(=O)c1sc(NC(=O)/C=C/c2ccc([N+](=O)[O-])s2)cc1C. The number of aryl methyl sites for hydroxylation is 1. The lowest BCUT2D eigenvalue weighted by atomic mass is 10.3. The second-order valence-electron chi connectivity index (χ2n) is 4.60. The molecule has 0 aliphatic rings. The minimum absolute atomic E-state index is 0.0167. The van der Waals surface area contributed by atoms with Crippen LogP contribution in [0.15, 0.2) is 24.3 Å². The molecule has 0 bridgehead atoms. The Morgan fingerprint density at radius 1 is 1.38 bits per heavy atom. The highest BCUT2D eigenvalue weighted by Crippen LogP contribution is 2.28. The molecule has 0 aliphatic carbocycles. The maximum absolute atomic E-state index is 11.9. The largest absolute Gasteiger partial charge is 0.462 e. The molecule has 0 radical (unpaired) electrons. The molecule has 1 amide bonds. The van der Waals surface area contributed by atoms with Gasteiger partial charge in [-0.1, -0.05) is 11.3 Å². The van der Waals surface area contributed by atoms with E-state index < -0.39 is 10.9 Å². The zero-order chi connectivity index (χ0) is 17.7. The van der Waals surface area contributed by atoms with E-state index in [4.69, 9.17) is 4.74 Å². The molecule has 126 valence electrons. The van der Waals surface area contributed by atoms with Crippen molar-refractivity contribution in [2.24, 2.45) is 0 Å². The molecule has 0 saturated carbocycles. The molecule has 2 heterocycles. The van der Waals surface area contributed by atoms with Gasteiger partial charge in [-0.15, -0.1) is 11.3 Å². The number of rotatable bonds is 6. The molecule has 0 spiro atoms. The van der Waals surface area contributed by atoms with Crippen molar-refractivity contribution in [2.75, 3.05) is 11.9 Å². The minimum atomic E-state index is -0.479. The summed E-state index contributed by atoms with van der Waals surface area (Å²) in [7, 11) is 0. The summed E-state index contributed by atoms with van der Waals surface area (Å²) in [6.45, 7) is 3.77. The molecule has 7 nitrogen and oxygen atoms in total. The zero-order valence-electron chi connectivity index (χ0n) is 12.9. The first kappa shape index (κ1) is 17.8. The minimum Gasteiger partial charge on any atom is -0.462 e. The van der Waals surface area contributed by atoms with Gasteiger partial charge in [-0.05, 0) is 37.6 Å².